The maximum absolute atomic E-state index is 12.2. The van der Waals surface area contributed by atoms with Gasteiger partial charge in [-0.3, -0.25) is 0 Å². The van der Waals surface area contributed by atoms with E-state index < -0.39 is 11.9 Å². The number of carbonyl (C=O) groups excluding carboxylic acids is 2. The maximum Gasteiger partial charge on any atom is 0.338 e. The summed E-state index contributed by atoms with van der Waals surface area (Å²) in [6, 6.07) is 0. The first-order chi connectivity index (χ1) is 11.4. The van der Waals surface area contributed by atoms with Crippen LogP contribution in [0, 0.1) is 5.92 Å². The summed E-state index contributed by atoms with van der Waals surface area (Å²) in [5, 5.41) is 0. The molecule has 1 atom stereocenters. The van der Waals surface area contributed by atoms with Gasteiger partial charge in [-0.25, -0.2) is 9.59 Å². The Kier molecular flexibility index (Phi) is 12.0. The van der Waals surface area contributed by atoms with E-state index in [2.05, 4.69) is 20.4 Å². The van der Waals surface area contributed by atoms with Crippen molar-refractivity contribution in [3.8, 4) is 0 Å². The van der Waals surface area contributed by atoms with E-state index in [4.69, 9.17) is 9.47 Å². The van der Waals surface area contributed by atoms with Crippen molar-refractivity contribution >= 4 is 11.9 Å². The molecule has 0 rings (SSSR count). The molecule has 0 aliphatic carbocycles. The van der Waals surface area contributed by atoms with Crippen molar-refractivity contribution in [1.82, 2.24) is 0 Å². The second kappa shape index (κ2) is 12.8. The second-order valence-electron chi connectivity index (χ2n) is 6.33. The minimum absolute atomic E-state index is 0.321. The Labute approximate surface area is 147 Å². The SMILES string of the molecule is C=C(C)C(=O)O/C(CC(CC)CCCC)=C(\C)C(=O)OCCCC. The molecule has 0 fully saturated rings. The highest BCUT2D eigenvalue weighted by Gasteiger charge is 2.20. The van der Waals surface area contributed by atoms with Crippen LogP contribution in [0.4, 0.5) is 0 Å². The van der Waals surface area contributed by atoms with Gasteiger partial charge in [0.15, 0.2) is 0 Å². The van der Waals surface area contributed by atoms with E-state index >= 15 is 0 Å². The van der Waals surface area contributed by atoms with Gasteiger partial charge in [-0.05, 0) is 26.2 Å². The Morgan fingerprint density at radius 3 is 2.12 bits per heavy atom. The number of esters is 2. The van der Waals surface area contributed by atoms with Crippen molar-refractivity contribution in [2.24, 2.45) is 5.92 Å². The van der Waals surface area contributed by atoms with Crippen LogP contribution >= 0.6 is 0 Å². The van der Waals surface area contributed by atoms with Crippen LogP contribution < -0.4 is 0 Å². The molecule has 0 heterocycles. The van der Waals surface area contributed by atoms with Gasteiger partial charge < -0.3 is 9.47 Å². The van der Waals surface area contributed by atoms with Gasteiger partial charge in [0.2, 0.25) is 0 Å². The fourth-order valence-electron chi connectivity index (χ4n) is 2.21. The van der Waals surface area contributed by atoms with Gasteiger partial charge in [0, 0.05) is 12.0 Å². The molecule has 0 saturated heterocycles. The van der Waals surface area contributed by atoms with E-state index in [-0.39, 0.29) is 0 Å². The highest BCUT2D eigenvalue weighted by atomic mass is 16.5. The molecule has 0 saturated carbocycles. The van der Waals surface area contributed by atoms with Crippen LogP contribution in [-0.4, -0.2) is 18.5 Å². The van der Waals surface area contributed by atoms with Crippen LogP contribution in [0.3, 0.4) is 0 Å². The number of allylic oxidation sites excluding steroid dienone is 1. The quantitative estimate of drug-likeness (QED) is 0.209. The third kappa shape index (κ3) is 8.90. The van der Waals surface area contributed by atoms with Crippen LogP contribution in [0.15, 0.2) is 23.5 Å². The fraction of sp³-hybridized carbons (Fsp3) is 0.700. The third-order valence-electron chi connectivity index (χ3n) is 4.04. The molecule has 1 unspecified atom stereocenters. The minimum Gasteiger partial charge on any atom is -0.462 e. The largest absolute Gasteiger partial charge is 0.462 e. The van der Waals surface area contributed by atoms with Crippen LogP contribution in [0.25, 0.3) is 0 Å². The monoisotopic (exact) mass is 338 g/mol. The molecule has 0 aliphatic heterocycles. The number of carbonyl (C=O) groups is 2. The molecule has 0 N–H and O–H groups in total. The van der Waals surface area contributed by atoms with E-state index in [9.17, 15) is 9.59 Å². The number of rotatable bonds is 12. The van der Waals surface area contributed by atoms with E-state index in [1.165, 1.54) is 0 Å². The number of ether oxygens (including phenoxy) is 2. The van der Waals surface area contributed by atoms with Gasteiger partial charge in [-0.15, -0.1) is 0 Å². The molecule has 0 bridgehead atoms. The zero-order chi connectivity index (χ0) is 18.5. The van der Waals surface area contributed by atoms with E-state index in [0.717, 1.165) is 38.5 Å². The standard InChI is InChI=1S/C20H34O4/c1-7-10-12-17(9-3)14-18(24-19(21)15(4)5)16(6)20(22)23-13-11-8-2/h17H,4,7-14H2,1-3,5-6H3/b18-16+. The molecule has 4 heteroatoms. The number of hydrogen-bond donors (Lipinski definition) is 0. The predicted molar refractivity (Wildman–Crippen MR) is 97.4 cm³/mol. The van der Waals surface area contributed by atoms with Crippen LogP contribution in [0.2, 0.25) is 0 Å². The summed E-state index contributed by atoms with van der Waals surface area (Å²) in [5.74, 6) is -0.0851. The molecule has 0 aromatic rings. The summed E-state index contributed by atoms with van der Waals surface area (Å²) in [6.07, 6.45) is 6.64. The van der Waals surface area contributed by atoms with Gasteiger partial charge in [-0.2, -0.15) is 0 Å². The Hall–Kier alpha value is -1.58. The average molecular weight is 338 g/mol. The van der Waals surface area contributed by atoms with Crippen molar-refractivity contribution in [2.45, 2.75) is 79.6 Å². The second-order valence-corrected chi connectivity index (χ2v) is 6.33. The highest BCUT2D eigenvalue weighted by molar-refractivity contribution is 5.91. The Morgan fingerprint density at radius 1 is 1.00 bits per heavy atom. The Morgan fingerprint density at radius 2 is 1.62 bits per heavy atom. The van der Waals surface area contributed by atoms with Gasteiger partial charge in [0.1, 0.15) is 5.76 Å². The molecular weight excluding hydrogens is 304 g/mol. The lowest BCUT2D eigenvalue weighted by atomic mass is 9.93. The van der Waals surface area contributed by atoms with Crippen molar-refractivity contribution in [3.05, 3.63) is 23.5 Å². The molecule has 4 nitrogen and oxygen atoms in total. The van der Waals surface area contributed by atoms with Gasteiger partial charge in [-0.1, -0.05) is 59.5 Å². The summed E-state index contributed by atoms with van der Waals surface area (Å²) in [4.78, 5) is 24.1. The topological polar surface area (TPSA) is 52.6 Å². The molecule has 24 heavy (non-hydrogen) atoms. The smallest absolute Gasteiger partial charge is 0.338 e. The van der Waals surface area contributed by atoms with Gasteiger partial charge >= 0.3 is 11.9 Å². The van der Waals surface area contributed by atoms with E-state index in [0.29, 0.717) is 35.9 Å². The maximum atomic E-state index is 12.2. The molecule has 0 aromatic carbocycles. The van der Waals surface area contributed by atoms with E-state index in [1.807, 2.05) is 6.92 Å². The third-order valence-corrected chi connectivity index (χ3v) is 4.04. The summed E-state index contributed by atoms with van der Waals surface area (Å²) in [5.41, 5.74) is 0.705. The fourth-order valence-corrected chi connectivity index (χ4v) is 2.21. The van der Waals surface area contributed by atoms with Crippen LogP contribution in [0.1, 0.15) is 79.6 Å². The van der Waals surface area contributed by atoms with Crippen molar-refractivity contribution < 1.29 is 19.1 Å². The van der Waals surface area contributed by atoms with Crippen molar-refractivity contribution in [3.63, 3.8) is 0 Å². The molecule has 0 amide bonds. The lowest BCUT2D eigenvalue weighted by Crippen LogP contribution is -2.15. The number of hydrogen-bond acceptors (Lipinski definition) is 4. The summed E-state index contributed by atoms with van der Waals surface area (Å²) in [6.45, 7) is 13.6. The van der Waals surface area contributed by atoms with Gasteiger partial charge in [0.05, 0.1) is 12.2 Å². The Bertz CT molecular complexity index is 449. The molecule has 0 aromatic heterocycles. The van der Waals surface area contributed by atoms with Crippen LogP contribution in [0.5, 0.6) is 0 Å². The van der Waals surface area contributed by atoms with Crippen molar-refractivity contribution in [2.75, 3.05) is 6.61 Å². The van der Waals surface area contributed by atoms with Gasteiger partial charge in [0.25, 0.3) is 0 Å². The molecule has 138 valence electrons. The summed E-state index contributed by atoms with van der Waals surface area (Å²) >= 11 is 0. The highest BCUT2D eigenvalue weighted by Crippen LogP contribution is 2.25. The van der Waals surface area contributed by atoms with Crippen LogP contribution in [-0.2, 0) is 19.1 Å². The molecule has 0 spiro atoms. The lowest BCUT2D eigenvalue weighted by Gasteiger charge is -2.18. The molecule has 0 radical (unpaired) electrons. The minimum atomic E-state index is -0.490. The number of unbranched alkanes of at least 4 members (excludes halogenated alkanes) is 2. The average Bonchev–Trinajstić information content (AvgIpc) is 2.56. The summed E-state index contributed by atoms with van der Waals surface area (Å²) < 4.78 is 10.7. The predicted octanol–water partition coefficient (Wildman–Crippen LogP) is 5.33. The first-order valence-corrected chi connectivity index (χ1v) is 9.11. The first-order valence-electron chi connectivity index (χ1n) is 9.11. The summed E-state index contributed by atoms with van der Waals surface area (Å²) in [7, 11) is 0. The first kappa shape index (κ1) is 22.4. The van der Waals surface area contributed by atoms with Crippen molar-refractivity contribution in [1.29, 1.82) is 0 Å². The zero-order valence-electron chi connectivity index (χ0n) is 16.1. The zero-order valence-corrected chi connectivity index (χ0v) is 16.1. The van der Waals surface area contributed by atoms with E-state index in [1.54, 1.807) is 13.8 Å². The lowest BCUT2D eigenvalue weighted by molar-refractivity contribution is -0.140. The Balaban J connectivity index is 5.19. The molecular formula is C20H34O4. The molecule has 0 aliphatic rings. The normalized spacial score (nSPS) is 13.0.